The number of hydrogen-bond donors (Lipinski definition) is 1. The topological polar surface area (TPSA) is 53.1 Å². The van der Waals surface area contributed by atoms with Gasteiger partial charge in [-0.2, -0.15) is 5.10 Å². The standard InChI is InChI=1S/C16H20BrN3O/c1-21-8-7-20-16(14(17)10-19-20)15(18)13-6-5-11-3-2-4-12(11)9-13/h5-6,9-10,15H,2-4,7-8,18H2,1H3. The molecule has 1 atom stereocenters. The Morgan fingerprint density at radius 3 is 3.00 bits per heavy atom. The number of halogens is 1. The summed E-state index contributed by atoms with van der Waals surface area (Å²) in [6.07, 6.45) is 5.42. The minimum absolute atomic E-state index is 0.176. The van der Waals surface area contributed by atoms with Crippen molar-refractivity contribution >= 4 is 15.9 Å². The van der Waals surface area contributed by atoms with E-state index in [1.165, 1.54) is 30.4 Å². The molecule has 1 aliphatic carbocycles. The molecule has 112 valence electrons. The molecule has 0 fully saturated rings. The average Bonchev–Trinajstić information content (AvgIpc) is 3.10. The predicted molar refractivity (Wildman–Crippen MR) is 86.3 cm³/mol. The largest absolute Gasteiger partial charge is 0.383 e. The van der Waals surface area contributed by atoms with Crippen molar-refractivity contribution in [3.63, 3.8) is 0 Å². The zero-order valence-electron chi connectivity index (χ0n) is 12.2. The first kappa shape index (κ1) is 14.8. The maximum absolute atomic E-state index is 6.50. The minimum Gasteiger partial charge on any atom is -0.383 e. The van der Waals surface area contributed by atoms with Crippen LogP contribution in [0.25, 0.3) is 0 Å². The molecular weight excluding hydrogens is 330 g/mol. The number of aryl methyl sites for hydroxylation is 2. The summed E-state index contributed by atoms with van der Waals surface area (Å²) in [5, 5.41) is 4.38. The van der Waals surface area contributed by atoms with Gasteiger partial charge in [-0.05, 0) is 51.9 Å². The molecule has 1 unspecified atom stereocenters. The average molecular weight is 350 g/mol. The van der Waals surface area contributed by atoms with Crippen molar-refractivity contribution in [2.45, 2.75) is 31.8 Å². The van der Waals surface area contributed by atoms with Crippen LogP contribution in [0.15, 0.2) is 28.9 Å². The van der Waals surface area contributed by atoms with Crippen molar-refractivity contribution in [2.24, 2.45) is 5.73 Å². The van der Waals surface area contributed by atoms with Crippen LogP contribution in [0.3, 0.4) is 0 Å². The number of benzene rings is 1. The summed E-state index contributed by atoms with van der Waals surface area (Å²) in [6.45, 7) is 1.33. The van der Waals surface area contributed by atoms with Gasteiger partial charge in [0, 0.05) is 7.11 Å². The lowest BCUT2D eigenvalue weighted by molar-refractivity contribution is 0.182. The lowest BCUT2D eigenvalue weighted by atomic mass is 9.99. The molecular formula is C16H20BrN3O. The van der Waals surface area contributed by atoms with Crippen LogP contribution in [0.5, 0.6) is 0 Å². The van der Waals surface area contributed by atoms with E-state index in [0.717, 1.165) is 15.7 Å². The van der Waals surface area contributed by atoms with E-state index in [-0.39, 0.29) is 6.04 Å². The highest BCUT2D eigenvalue weighted by atomic mass is 79.9. The quantitative estimate of drug-likeness (QED) is 0.902. The molecule has 1 aromatic carbocycles. The van der Waals surface area contributed by atoms with E-state index in [9.17, 15) is 0 Å². The van der Waals surface area contributed by atoms with Gasteiger partial charge in [-0.15, -0.1) is 0 Å². The van der Waals surface area contributed by atoms with Crippen LogP contribution in [0.4, 0.5) is 0 Å². The number of methoxy groups -OCH3 is 1. The Balaban J connectivity index is 1.91. The van der Waals surface area contributed by atoms with Gasteiger partial charge in [-0.1, -0.05) is 18.2 Å². The van der Waals surface area contributed by atoms with Crippen molar-refractivity contribution in [2.75, 3.05) is 13.7 Å². The van der Waals surface area contributed by atoms with Crippen LogP contribution in [-0.2, 0) is 24.1 Å². The number of nitrogens with two attached hydrogens (primary N) is 1. The van der Waals surface area contributed by atoms with Crippen molar-refractivity contribution in [1.29, 1.82) is 0 Å². The Hall–Kier alpha value is -1.17. The van der Waals surface area contributed by atoms with Gasteiger partial charge in [0.05, 0.1) is 35.6 Å². The first-order valence-corrected chi connectivity index (χ1v) is 8.07. The summed E-state index contributed by atoms with van der Waals surface area (Å²) >= 11 is 3.57. The Morgan fingerprint density at radius 1 is 1.38 bits per heavy atom. The van der Waals surface area contributed by atoms with Crippen LogP contribution in [0, 0.1) is 0 Å². The van der Waals surface area contributed by atoms with E-state index in [0.29, 0.717) is 13.2 Å². The van der Waals surface area contributed by atoms with E-state index >= 15 is 0 Å². The maximum Gasteiger partial charge on any atom is 0.0739 e. The van der Waals surface area contributed by atoms with Gasteiger partial charge in [-0.3, -0.25) is 4.68 Å². The Kier molecular flexibility index (Phi) is 4.42. The maximum atomic E-state index is 6.50. The minimum atomic E-state index is -0.176. The number of fused-ring (bicyclic) bond motifs is 1. The highest BCUT2D eigenvalue weighted by Crippen LogP contribution is 2.30. The molecule has 0 bridgehead atoms. The van der Waals surface area contributed by atoms with Crippen molar-refractivity contribution in [1.82, 2.24) is 9.78 Å². The molecule has 0 amide bonds. The van der Waals surface area contributed by atoms with Crippen LogP contribution >= 0.6 is 15.9 Å². The molecule has 0 saturated heterocycles. The fourth-order valence-electron chi connectivity index (χ4n) is 2.98. The predicted octanol–water partition coefficient (Wildman–Crippen LogP) is 2.83. The van der Waals surface area contributed by atoms with Gasteiger partial charge in [0.1, 0.15) is 0 Å². The van der Waals surface area contributed by atoms with Gasteiger partial charge in [-0.25, -0.2) is 0 Å². The van der Waals surface area contributed by atoms with Crippen molar-refractivity contribution in [3.05, 3.63) is 51.3 Å². The lowest BCUT2D eigenvalue weighted by Gasteiger charge is -2.16. The molecule has 0 saturated carbocycles. The normalized spacial score (nSPS) is 15.2. The second-order valence-corrected chi connectivity index (χ2v) is 6.31. The molecule has 2 N–H and O–H groups in total. The van der Waals surface area contributed by atoms with E-state index in [1.807, 2.05) is 4.68 Å². The first-order valence-electron chi connectivity index (χ1n) is 7.28. The van der Waals surface area contributed by atoms with E-state index < -0.39 is 0 Å². The van der Waals surface area contributed by atoms with Gasteiger partial charge >= 0.3 is 0 Å². The van der Waals surface area contributed by atoms with Crippen LogP contribution in [-0.4, -0.2) is 23.5 Å². The van der Waals surface area contributed by atoms with Crippen molar-refractivity contribution in [3.8, 4) is 0 Å². The zero-order valence-corrected chi connectivity index (χ0v) is 13.8. The molecule has 2 aromatic rings. The monoisotopic (exact) mass is 349 g/mol. The molecule has 5 heteroatoms. The highest BCUT2D eigenvalue weighted by Gasteiger charge is 2.20. The fourth-order valence-corrected chi connectivity index (χ4v) is 3.52. The molecule has 0 radical (unpaired) electrons. The number of rotatable bonds is 5. The summed E-state index contributed by atoms with van der Waals surface area (Å²) in [5.74, 6) is 0. The first-order chi connectivity index (χ1) is 10.2. The second kappa shape index (κ2) is 6.30. The Morgan fingerprint density at radius 2 is 2.19 bits per heavy atom. The van der Waals surface area contributed by atoms with Crippen LogP contribution in [0.1, 0.15) is 34.8 Å². The smallest absolute Gasteiger partial charge is 0.0739 e. The number of aromatic nitrogens is 2. The number of hydrogen-bond acceptors (Lipinski definition) is 3. The molecule has 3 rings (SSSR count). The Labute approximate surface area is 133 Å². The molecule has 1 aromatic heterocycles. The van der Waals surface area contributed by atoms with Crippen LogP contribution < -0.4 is 5.73 Å². The summed E-state index contributed by atoms with van der Waals surface area (Å²) in [4.78, 5) is 0. The highest BCUT2D eigenvalue weighted by molar-refractivity contribution is 9.10. The van der Waals surface area contributed by atoms with E-state index in [4.69, 9.17) is 10.5 Å². The summed E-state index contributed by atoms with van der Waals surface area (Å²) in [6, 6.07) is 6.45. The summed E-state index contributed by atoms with van der Waals surface area (Å²) in [7, 11) is 1.69. The van der Waals surface area contributed by atoms with Gasteiger partial charge in [0.25, 0.3) is 0 Å². The molecule has 1 heterocycles. The fraction of sp³-hybridized carbons (Fsp3) is 0.438. The van der Waals surface area contributed by atoms with E-state index in [1.54, 1.807) is 13.3 Å². The lowest BCUT2D eigenvalue weighted by Crippen LogP contribution is -2.19. The summed E-state index contributed by atoms with van der Waals surface area (Å²) < 4.78 is 8.01. The zero-order chi connectivity index (χ0) is 14.8. The SMILES string of the molecule is COCCn1ncc(Br)c1C(N)c1ccc2c(c1)CCC2. The second-order valence-electron chi connectivity index (χ2n) is 5.45. The molecule has 0 aliphatic heterocycles. The number of nitrogens with zero attached hydrogens (tertiary/aromatic N) is 2. The third-order valence-corrected chi connectivity index (χ3v) is 4.73. The molecule has 21 heavy (non-hydrogen) atoms. The molecule has 0 spiro atoms. The third kappa shape index (κ3) is 2.91. The van der Waals surface area contributed by atoms with E-state index in [2.05, 4.69) is 39.2 Å². The van der Waals surface area contributed by atoms with Gasteiger partial charge in [0.15, 0.2) is 0 Å². The number of ether oxygens (including phenoxy) is 1. The third-order valence-electron chi connectivity index (χ3n) is 4.12. The van der Waals surface area contributed by atoms with Gasteiger partial charge < -0.3 is 10.5 Å². The molecule has 4 nitrogen and oxygen atoms in total. The Bertz CT molecular complexity index is 638. The summed E-state index contributed by atoms with van der Waals surface area (Å²) in [5.41, 5.74) is 11.6. The van der Waals surface area contributed by atoms with Crippen LogP contribution in [0.2, 0.25) is 0 Å². The molecule has 1 aliphatic rings. The van der Waals surface area contributed by atoms with Gasteiger partial charge in [0.2, 0.25) is 0 Å². The van der Waals surface area contributed by atoms with Crippen molar-refractivity contribution < 1.29 is 4.74 Å².